The van der Waals surface area contributed by atoms with E-state index in [9.17, 15) is 4.79 Å². The number of nitrogens with zero attached hydrogens (tertiary/aromatic N) is 1. The second-order valence-electron chi connectivity index (χ2n) is 7.07. The molecule has 138 valence electrons. The van der Waals surface area contributed by atoms with E-state index in [-0.39, 0.29) is 11.9 Å². The van der Waals surface area contributed by atoms with E-state index in [0.29, 0.717) is 5.56 Å². The van der Waals surface area contributed by atoms with Crippen molar-refractivity contribution in [3.8, 4) is 11.1 Å². The molecule has 0 spiro atoms. The minimum absolute atomic E-state index is 0.0702. The first kappa shape index (κ1) is 17.9. The molecule has 0 fully saturated rings. The maximum atomic E-state index is 12.7. The normalized spacial score (nSPS) is 11.9. The van der Waals surface area contributed by atoms with Crippen molar-refractivity contribution in [3.05, 3.63) is 102 Å². The van der Waals surface area contributed by atoms with Gasteiger partial charge in [0.05, 0.1) is 6.04 Å². The van der Waals surface area contributed by atoms with Crippen LogP contribution in [0.4, 0.5) is 0 Å². The molecule has 4 aromatic rings. The summed E-state index contributed by atoms with van der Waals surface area (Å²) in [5.74, 6) is -0.0707. The van der Waals surface area contributed by atoms with Gasteiger partial charge in [0.2, 0.25) is 0 Å². The largest absolute Gasteiger partial charge is 0.346 e. The number of hydrogen-bond donors (Lipinski definition) is 1. The fourth-order valence-corrected chi connectivity index (χ4v) is 3.44. The number of rotatable bonds is 4. The monoisotopic (exact) mass is 366 g/mol. The van der Waals surface area contributed by atoms with Crippen LogP contribution in [0.25, 0.3) is 21.9 Å². The predicted octanol–water partition coefficient (Wildman–Crippen LogP) is 5.70. The number of nitrogens with one attached hydrogen (secondary N) is 1. The van der Waals surface area contributed by atoms with E-state index in [2.05, 4.69) is 40.6 Å². The van der Waals surface area contributed by atoms with Crippen LogP contribution < -0.4 is 5.32 Å². The molecular formula is C25H22N2O. The molecule has 3 nitrogen and oxygen atoms in total. The Morgan fingerprint density at radius 3 is 2.43 bits per heavy atom. The zero-order valence-electron chi connectivity index (χ0n) is 16.0. The minimum atomic E-state index is -0.0707. The third-order valence-corrected chi connectivity index (χ3v) is 5.10. The van der Waals surface area contributed by atoms with E-state index in [0.717, 1.165) is 22.3 Å². The topological polar surface area (TPSA) is 42.0 Å². The Morgan fingerprint density at radius 2 is 1.68 bits per heavy atom. The molecule has 0 saturated carbocycles. The first-order valence-corrected chi connectivity index (χ1v) is 9.42. The molecule has 1 amide bonds. The molecule has 0 unspecified atom stereocenters. The highest BCUT2D eigenvalue weighted by atomic mass is 16.1. The summed E-state index contributed by atoms with van der Waals surface area (Å²) in [4.78, 5) is 16.8. The van der Waals surface area contributed by atoms with Crippen molar-refractivity contribution < 1.29 is 4.79 Å². The van der Waals surface area contributed by atoms with Crippen LogP contribution in [0.15, 0.2) is 85.2 Å². The average Bonchev–Trinajstić information content (AvgIpc) is 2.74. The lowest BCUT2D eigenvalue weighted by Crippen LogP contribution is -2.26. The van der Waals surface area contributed by atoms with Crippen molar-refractivity contribution in [1.82, 2.24) is 10.3 Å². The van der Waals surface area contributed by atoms with Crippen LogP contribution in [-0.2, 0) is 0 Å². The molecule has 0 aliphatic carbocycles. The molecule has 1 atom stereocenters. The smallest absolute Gasteiger partial charge is 0.251 e. The van der Waals surface area contributed by atoms with Crippen molar-refractivity contribution >= 4 is 16.7 Å². The molecule has 1 N–H and O–H groups in total. The molecule has 1 aromatic heterocycles. The summed E-state index contributed by atoms with van der Waals surface area (Å²) in [5, 5.41) is 5.48. The number of fused-ring (bicyclic) bond motifs is 1. The molecule has 4 rings (SSSR count). The van der Waals surface area contributed by atoms with Gasteiger partial charge in [-0.2, -0.15) is 0 Å². The van der Waals surface area contributed by atoms with E-state index < -0.39 is 0 Å². The molecule has 0 aliphatic rings. The van der Waals surface area contributed by atoms with Crippen molar-refractivity contribution in [1.29, 1.82) is 0 Å². The van der Waals surface area contributed by atoms with E-state index in [1.807, 2.05) is 62.5 Å². The summed E-state index contributed by atoms with van der Waals surface area (Å²) in [7, 11) is 0. The summed E-state index contributed by atoms with van der Waals surface area (Å²) in [6.07, 6.45) is 3.63. The van der Waals surface area contributed by atoms with Crippen molar-refractivity contribution in [2.75, 3.05) is 0 Å². The number of benzene rings is 3. The van der Waals surface area contributed by atoms with Gasteiger partial charge in [-0.15, -0.1) is 0 Å². The summed E-state index contributed by atoms with van der Waals surface area (Å²) >= 11 is 0. The van der Waals surface area contributed by atoms with Crippen LogP contribution >= 0.6 is 0 Å². The van der Waals surface area contributed by atoms with Gasteiger partial charge in [0.15, 0.2) is 0 Å². The van der Waals surface area contributed by atoms with Crippen LogP contribution in [0.3, 0.4) is 0 Å². The van der Waals surface area contributed by atoms with Gasteiger partial charge in [-0.1, -0.05) is 48.5 Å². The number of carbonyl (C=O) groups excluding carboxylic acids is 1. The predicted molar refractivity (Wildman–Crippen MR) is 114 cm³/mol. The highest BCUT2D eigenvalue weighted by molar-refractivity contribution is 5.95. The fraction of sp³-hybridized carbons (Fsp3) is 0.120. The third-order valence-electron chi connectivity index (χ3n) is 5.10. The number of amides is 1. The molecule has 3 heteroatoms. The van der Waals surface area contributed by atoms with E-state index in [1.165, 1.54) is 10.8 Å². The van der Waals surface area contributed by atoms with Crippen molar-refractivity contribution in [2.45, 2.75) is 19.9 Å². The number of aryl methyl sites for hydroxylation is 1. The Bertz CT molecular complexity index is 1130. The number of aromatic nitrogens is 1. The molecule has 0 saturated heterocycles. The Labute approximate surface area is 165 Å². The highest BCUT2D eigenvalue weighted by Crippen LogP contribution is 2.23. The lowest BCUT2D eigenvalue weighted by atomic mass is 10.0. The van der Waals surface area contributed by atoms with Gasteiger partial charge in [-0.3, -0.25) is 9.78 Å². The quantitative estimate of drug-likeness (QED) is 0.503. The van der Waals surface area contributed by atoms with Crippen LogP contribution in [0.1, 0.15) is 34.5 Å². The van der Waals surface area contributed by atoms with Gasteiger partial charge in [0.1, 0.15) is 0 Å². The lowest BCUT2D eigenvalue weighted by Gasteiger charge is -2.15. The zero-order chi connectivity index (χ0) is 19.5. The third kappa shape index (κ3) is 3.65. The summed E-state index contributed by atoms with van der Waals surface area (Å²) in [6, 6.07) is 24.2. The molecular weight excluding hydrogens is 344 g/mol. The Kier molecular flexibility index (Phi) is 4.90. The van der Waals surface area contributed by atoms with Gasteiger partial charge in [0.25, 0.3) is 5.91 Å². The second-order valence-corrected chi connectivity index (χ2v) is 7.07. The summed E-state index contributed by atoms with van der Waals surface area (Å²) in [5.41, 5.74) is 5.08. The average molecular weight is 366 g/mol. The van der Waals surface area contributed by atoms with Gasteiger partial charge in [0, 0.05) is 18.0 Å². The molecule has 1 heterocycles. The Hall–Kier alpha value is -3.46. The first-order chi connectivity index (χ1) is 13.6. The van der Waals surface area contributed by atoms with Crippen LogP contribution in [0, 0.1) is 6.92 Å². The SMILES string of the molecule is Cc1cnccc1-c1ccc(C(=O)N[C@H](C)c2ccc3ccccc3c2)cc1. The summed E-state index contributed by atoms with van der Waals surface area (Å²) in [6.45, 7) is 4.05. The van der Waals surface area contributed by atoms with Crippen LogP contribution in [-0.4, -0.2) is 10.9 Å². The fourth-order valence-electron chi connectivity index (χ4n) is 3.44. The number of hydrogen-bond acceptors (Lipinski definition) is 2. The first-order valence-electron chi connectivity index (χ1n) is 9.42. The van der Waals surface area contributed by atoms with Gasteiger partial charge in [-0.05, 0) is 71.1 Å². The second kappa shape index (κ2) is 7.65. The molecule has 3 aromatic carbocycles. The Morgan fingerprint density at radius 1 is 0.929 bits per heavy atom. The number of carbonyl (C=O) groups is 1. The maximum Gasteiger partial charge on any atom is 0.251 e. The number of pyridine rings is 1. The van der Waals surface area contributed by atoms with Crippen LogP contribution in [0.5, 0.6) is 0 Å². The van der Waals surface area contributed by atoms with Crippen molar-refractivity contribution in [3.63, 3.8) is 0 Å². The highest BCUT2D eigenvalue weighted by Gasteiger charge is 2.12. The Balaban J connectivity index is 1.50. The van der Waals surface area contributed by atoms with Gasteiger partial charge in [-0.25, -0.2) is 0 Å². The maximum absolute atomic E-state index is 12.7. The van der Waals surface area contributed by atoms with E-state index in [1.54, 1.807) is 6.20 Å². The zero-order valence-corrected chi connectivity index (χ0v) is 16.0. The molecule has 28 heavy (non-hydrogen) atoms. The minimum Gasteiger partial charge on any atom is -0.346 e. The van der Waals surface area contributed by atoms with E-state index >= 15 is 0 Å². The van der Waals surface area contributed by atoms with E-state index in [4.69, 9.17) is 0 Å². The molecule has 0 aliphatic heterocycles. The lowest BCUT2D eigenvalue weighted by molar-refractivity contribution is 0.0940. The molecule has 0 radical (unpaired) electrons. The van der Waals surface area contributed by atoms with Crippen molar-refractivity contribution in [2.24, 2.45) is 0 Å². The molecule has 0 bridgehead atoms. The van der Waals surface area contributed by atoms with Gasteiger partial charge >= 0.3 is 0 Å². The standard InChI is InChI=1S/C25H22N2O/c1-17-16-26-14-13-24(17)20-8-10-21(11-9-20)25(28)27-18(2)22-12-7-19-5-3-4-6-23(19)15-22/h3-16,18H,1-2H3,(H,27,28)/t18-/m1/s1. The van der Waals surface area contributed by atoms with Gasteiger partial charge < -0.3 is 5.32 Å². The summed E-state index contributed by atoms with van der Waals surface area (Å²) < 4.78 is 0. The van der Waals surface area contributed by atoms with Crippen LogP contribution in [0.2, 0.25) is 0 Å².